The molecule has 0 aromatic rings. The van der Waals surface area contributed by atoms with Crippen molar-refractivity contribution in [1.82, 2.24) is 5.32 Å². The van der Waals surface area contributed by atoms with Crippen molar-refractivity contribution in [1.29, 1.82) is 0 Å². The van der Waals surface area contributed by atoms with Gasteiger partial charge in [0, 0.05) is 6.04 Å². The molecule has 1 heterocycles. The maximum absolute atomic E-state index is 11.2. The van der Waals surface area contributed by atoms with Gasteiger partial charge in [0.25, 0.3) is 0 Å². The number of esters is 1. The van der Waals surface area contributed by atoms with Crippen molar-refractivity contribution >= 4 is 5.97 Å². The van der Waals surface area contributed by atoms with Crippen molar-refractivity contribution in [2.75, 3.05) is 7.11 Å². The molecular formula is C10H19NO2. The zero-order valence-corrected chi connectivity index (χ0v) is 8.89. The van der Waals surface area contributed by atoms with Gasteiger partial charge >= 0.3 is 5.97 Å². The molecule has 0 aromatic heterocycles. The summed E-state index contributed by atoms with van der Waals surface area (Å²) in [5.41, 5.74) is 0.225. The van der Waals surface area contributed by atoms with E-state index in [2.05, 4.69) is 26.1 Å². The average molecular weight is 185 g/mol. The van der Waals surface area contributed by atoms with Gasteiger partial charge in [-0.2, -0.15) is 0 Å². The van der Waals surface area contributed by atoms with Crippen molar-refractivity contribution in [2.45, 2.75) is 45.7 Å². The number of nitrogens with one attached hydrogen (secondary N) is 1. The molecule has 1 aliphatic rings. The van der Waals surface area contributed by atoms with E-state index in [4.69, 9.17) is 4.74 Å². The minimum atomic E-state index is -0.133. The van der Waals surface area contributed by atoms with Crippen molar-refractivity contribution < 1.29 is 9.53 Å². The summed E-state index contributed by atoms with van der Waals surface area (Å²) in [6.07, 6.45) is 1.96. The lowest BCUT2D eigenvalue weighted by molar-refractivity contribution is -0.142. The number of ether oxygens (including phenoxy) is 1. The Morgan fingerprint density at radius 1 is 1.38 bits per heavy atom. The molecule has 76 valence electrons. The van der Waals surface area contributed by atoms with Crippen molar-refractivity contribution in [3.8, 4) is 0 Å². The van der Waals surface area contributed by atoms with Crippen molar-refractivity contribution in [3.05, 3.63) is 0 Å². The Kier molecular flexibility index (Phi) is 2.96. The van der Waals surface area contributed by atoms with Crippen LogP contribution in [0.25, 0.3) is 0 Å². The number of hydrogen-bond acceptors (Lipinski definition) is 3. The van der Waals surface area contributed by atoms with E-state index in [1.54, 1.807) is 0 Å². The second-order valence-electron chi connectivity index (χ2n) is 4.74. The molecule has 1 unspecified atom stereocenters. The Bertz CT molecular complexity index is 196. The molecule has 0 radical (unpaired) electrons. The van der Waals surface area contributed by atoms with Gasteiger partial charge in [0.1, 0.15) is 6.04 Å². The molecule has 3 nitrogen and oxygen atoms in total. The second kappa shape index (κ2) is 3.66. The van der Waals surface area contributed by atoms with Gasteiger partial charge in [-0.05, 0) is 18.3 Å². The quantitative estimate of drug-likeness (QED) is 0.626. The predicted molar refractivity (Wildman–Crippen MR) is 51.4 cm³/mol. The Morgan fingerprint density at radius 3 is 2.38 bits per heavy atom. The number of hydrogen-bond donors (Lipinski definition) is 1. The van der Waals surface area contributed by atoms with Crippen LogP contribution in [-0.2, 0) is 9.53 Å². The highest BCUT2D eigenvalue weighted by atomic mass is 16.5. The number of rotatable bonds is 1. The molecule has 1 rings (SSSR count). The van der Waals surface area contributed by atoms with Gasteiger partial charge in [-0.15, -0.1) is 0 Å². The number of carbonyl (C=O) groups is 1. The summed E-state index contributed by atoms with van der Waals surface area (Å²) in [5, 5.41) is 3.31. The maximum atomic E-state index is 11.2. The second-order valence-corrected chi connectivity index (χ2v) is 4.74. The van der Waals surface area contributed by atoms with Crippen LogP contribution in [0.5, 0.6) is 0 Å². The van der Waals surface area contributed by atoms with Crippen LogP contribution in [-0.4, -0.2) is 25.2 Å². The van der Waals surface area contributed by atoms with Crippen LogP contribution >= 0.6 is 0 Å². The first-order valence-electron chi connectivity index (χ1n) is 4.79. The first-order chi connectivity index (χ1) is 5.95. The number of carbonyl (C=O) groups excluding carboxylic acids is 1. The summed E-state index contributed by atoms with van der Waals surface area (Å²) in [7, 11) is 1.44. The molecular weight excluding hydrogens is 166 g/mol. The van der Waals surface area contributed by atoms with E-state index in [0.717, 1.165) is 12.8 Å². The normalized spacial score (nSPS) is 28.9. The monoisotopic (exact) mass is 185 g/mol. The molecule has 1 fully saturated rings. The Hall–Kier alpha value is -0.570. The Morgan fingerprint density at radius 2 is 2.00 bits per heavy atom. The van der Waals surface area contributed by atoms with Crippen LogP contribution in [0.1, 0.15) is 33.6 Å². The van der Waals surface area contributed by atoms with Gasteiger partial charge in [-0.3, -0.25) is 4.79 Å². The molecule has 0 saturated carbocycles. The van der Waals surface area contributed by atoms with E-state index in [-0.39, 0.29) is 17.4 Å². The zero-order valence-electron chi connectivity index (χ0n) is 8.89. The smallest absolute Gasteiger partial charge is 0.322 e. The number of methoxy groups -OCH3 is 1. The van der Waals surface area contributed by atoms with Gasteiger partial charge in [0.05, 0.1) is 7.11 Å². The molecule has 0 amide bonds. The van der Waals surface area contributed by atoms with Gasteiger partial charge in [0.2, 0.25) is 0 Å². The standard InChI is InChI=1S/C10H19NO2/c1-10(2,3)8-6-5-7(11-8)9(12)13-4/h7-8,11H,5-6H2,1-4H3/t7-,8?/m0/s1. The lowest BCUT2D eigenvalue weighted by Gasteiger charge is -2.27. The van der Waals surface area contributed by atoms with Crippen molar-refractivity contribution in [2.24, 2.45) is 5.41 Å². The first-order valence-corrected chi connectivity index (χ1v) is 4.79. The summed E-state index contributed by atoms with van der Waals surface area (Å²) >= 11 is 0. The van der Waals surface area contributed by atoms with Crippen LogP contribution in [0.3, 0.4) is 0 Å². The Balaban J connectivity index is 2.50. The first kappa shape index (κ1) is 10.5. The topological polar surface area (TPSA) is 38.3 Å². The molecule has 1 saturated heterocycles. The van der Waals surface area contributed by atoms with E-state index in [1.807, 2.05) is 0 Å². The third-order valence-electron chi connectivity index (χ3n) is 2.68. The van der Waals surface area contributed by atoms with Crippen LogP contribution in [0.15, 0.2) is 0 Å². The molecule has 0 bridgehead atoms. The van der Waals surface area contributed by atoms with Gasteiger partial charge in [-0.25, -0.2) is 0 Å². The maximum Gasteiger partial charge on any atom is 0.322 e. The highest BCUT2D eigenvalue weighted by Crippen LogP contribution is 2.28. The van der Waals surface area contributed by atoms with E-state index >= 15 is 0 Å². The predicted octanol–water partition coefficient (Wildman–Crippen LogP) is 1.33. The molecule has 2 atom stereocenters. The fourth-order valence-electron chi connectivity index (χ4n) is 1.75. The van der Waals surface area contributed by atoms with Crippen LogP contribution in [0.2, 0.25) is 0 Å². The highest BCUT2D eigenvalue weighted by Gasteiger charge is 2.35. The average Bonchev–Trinajstić information content (AvgIpc) is 2.50. The summed E-state index contributed by atoms with van der Waals surface area (Å²) < 4.78 is 4.69. The fourth-order valence-corrected chi connectivity index (χ4v) is 1.75. The SMILES string of the molecule is COC(=O)[C@@H]1CCC(C(C)(C)C)N1. The molecule has 1 aliphatic heterocycles. The van der Waals surface area contributed by atoms with E-state index < -0.39 is 0 Å². The fraction of sp³-hybridized carbons (Fsp3) is 0.900. The lowest BCUT2D eigenvalue weighted by atomic mass is 9.86. The molecule has 0 spiro atoms. The third-order valence-corrected chi connectivity index (χ3v) is 2.68. The molecule has 13 heavy (non-hydrogen) atoms. The van der Waals surface area contributed by atoms with Crippen LogP contribution in [0.4, 0.5) is 0 Å². The molecule has 3 heteroatoms. The summed E-state index contributed by atoms with van der Waals surface area (Å²) in [6, 6.07) is 0.339. The van der Waals surface area contributed by atoms with Gasteiger partial charge in [-0.1, -0.05) is 20.8 Å². The molecule has 0 aromatic carbocycles. The molecule has 0 aliphatic carbocycles. The van der Waals surface area contributed by atoms with Gasteiger partial charge in [0.15, 0.2) is 0 Å². The van der Waals surface area contributed by atoms with Crippen LogP contribution < -0.4 is 5.32 Å². The van der Waals surface area contributed by atoms with E-state index in [1.165, 1.54) is 7.11 Å². The van der Waals surface area contributed by atoms with Gasteiger partial charge < -0.3 is 10.1 Å². The van der Waals surface area contributed by atoms with Crippen molar-refractivity contribution in [3.63, 3.8) is 0 Å². The minimum absolute atomic E-state index is 0.0887. The van der Waals surface area contributed by atoms with E-state index in [0.29, 0.717) is 6.04 Å². The zero-order chi connectivity index (χ0) is 10.1. The minimum Gasteiger partial charge on any atom is -0.468 e. The van der Waals surface area contributed by atoms with Crippen LogP contribution in [0, 0.1) is 5.41 Å². The summed E-state index contributed by atoms with van der Waals surface area (Å²) in [5.74, 6) is -0.133. The Labute approximate surface area is 79.8 Å². The third kappa shape index (κ3) is 2.44. The summed E-state index contributed by atoms with van der Waals surface area (Å²) in [4.78, 5) is 11.2. The summed E-state index contributed by atoms with van der Waals surface area (Å²) in [6.45, 7) is 6.55. The largest absolute Gasteiger partial charge is 0.468 e. The highest BCUT2D eigenvalue weighted by molar-refractivity contribution is 5.76. The van der Waals surface area contributed by atoms with E-state index in [9.17, 15) is 4.79 Å². The molecule has 1 N–H and O–H groups in total. The lowest BCUT2D eigenvalue weighted by Crippen LogP contribution is -2.42.